The first-order valence-electron chi connectivity index (χ1n) is 5.37. The molecule has 88 valence electrons. The van der Waals surface area contributed by atoms with Crippen LogP contribution in [0.4, 0.5) is 0 Å². The van der Waals surface area contributed by atoms with Gasteiger partial charge >= 0.3 is 0 Å². The Kier molecular flexibility index (Phi) is 3.50. The van der Waals surface area contributed by atoms with Crippen molar-refractivity contribution in [3.8, 4) is 0 Å². The van der Waals surface area contributed by atoms with E-state index in [0.29, 0.717) is 0 Å². The molecule has 0 N–H and O–H groups in total. The van der Waals surface area contributed by atoms with Gasteiger partial charge in [0.25, 0.3) is 0 Å². The van der Waals surface area contributed by atoms with Crippen molar-refractivity contribution < 1.29 is 4.79 Å². The molecule has 1 nitrogen and oxygen atoms in total. The van der Waals surface area contributed by atoms with Crippen molar-refractivity contribution in [2.45, 2.75) is 20.8 Å². The summed E-state index contributed by atoms with van der Waals surface area (Å²) in [5.74, 6) is 0.0995. The minimum absolute atomic E-state index is 0.0995. The third-order valence-electron chi connectivity index (χ3n) is 2.65. The summed E-state index contributed by atoms with van der Waals surface area (Å²) in [6, 6.07) is 7.82. The lowest BCUT2D eigenvalue weighted by molar-refractivity contribution is 0.103. The number of carbonyl (C=O) groups excluding carboxylic acids is 1. The monoisotopic (exact) mass is 308 g/mol. The van der Waals surface area contributed by atoms with E-state index in [0.717, 1.165) is 26.0 Å². The van der Waals surface area contributed by atoms with Crippen LogP contribution < -0.4 is 0 Å². The summed E-state index contributed by atoms with van der Waals surface area (Å²) in [5, 5.41) is 0. The zero-order valence-corrected chi connectivity index (χ0v) is 12.4. The second-order valence-electron chi connectivity index (χ2n) is 4.14. The first-order chi connectivity index (χ1) is 7.99. The van der Waals surface area contributed by atoms with Crippen molar-refractivity contribution >= 4 is 33.0 Å². The molecular weight excluding hydrogens is 296 g/mol. The summed E-state index contributed by atoms with van der Waals surface area (Å²) in [4.78, 5) is 14.7. The molecule has 0 aliphatic carbocycles. The first-order valence-corrected chi connectivity index (χ1v) is 6.98. The molecule has 0 spiro atoms. The quantitative estimate of drug-likeness (QED) is 0.737. The zero-order chi connectivity index (χ0) is 12.6. The molecule has 2 rings (SSSR count). The molecule has 3 heteroatoms. The molecule has 0 saturated heterocycles. The van der Waals surface area contributed by atoms with E-state index < -0.39 is 0 Å². The van der Waals surface area contributed by atoms with Crippen molar-refractivity contribution in [3.05, 3.63) is 55.2 Å². The average Bonchev–Trinajstić information content (AvgIpc) is 2.60. The number of benzene rings is 1. The Morgan fingerprint density at radius 3 is 2.41 bits per heavy atom. The van der Waals surface area contributed by atoms with Crippen LogP contribution in [0.15, 0.2) is 28.7 Å². The fraction of sp³-hybridized carbons (Fsp3) is 0.214. The highest BCUT2D eigenvalue weighted by molar-refractivity contribution is 9.10. The van der Waals surface area contributed by atoms with Crippen LogP contribution in [0, 0.1) is 20.8 Å². The lowest BCUT2D eigenvalue weighted by Gasteiger charge is -2.04. The maximum atomic E-state index is 12.4. The lowest BCUT2D eigenvalue weighted by atomic mass is 10.0. The molecule has 2 aromatic rings. The van der Waals surface area contributed by atoms with Crippen molar-refractivity contribution in [2.24, 2.45) is 0 Å². The highest BCUT2D eigenvalue weighted by atomic mass is 79.9. The molecule has 0 aliphatic rings. The van der Waals surface area contributed by atoms with E-state index in [9.17, 15) is 4.79 Å². The Bertz CT molecular complexity index is 584. The van der Waals surface area contributed by atoms with E-state index in [1.807, 2.05) is 45.0 Å². The van der Waals surface area contributed by atoms with Gasteiger partial charge in [-0.3, -0.25) is 4.79 Å². The van der Waals surface area contributed by atoms with Crippen molar-refractivity contribution in [1.29, 1.82) is 0 Å². The zero-order valence-electron chi connectivity index (χ0n) is 10.0. The summed E-state index contributed by atoms with van der Waals surface area (Å²) in [5.41, 5.74) is 2.66. The number of hydrogen-bond acceptors (Lipinski definition) is 2. The van der Waals surface area contributed by atoms with Gasteiger partial charge in [0.1, 0.15) is 0 Å². The topological polar surface area (TPSA) is 17.1 Å². The van der Waals surface area contributed by atoms with Crippen LogP contribution >= 0.6 is 27.3 Å². The molecular formula is C14H13BrOS. The number of rotatable bonds is 2. The van der Waals surface area contributed by atoms with Crippen molar-refractivity contribution in [2.75, 3.05) is 0 Å². The molecule has 0 aliphatic heterocycles. The number of carbonyl (C=O) groups is 1. The number of thiophene rings is 1. The summed E-state index contributed by atoms with van der Waals surface area (Å²) < 4.78 is 0.858. The van der Waals surface area contributed by atoms with Crippen LogP contribution in [-0.2, 0) is 0 Å². The second kappa shape index (κ2) is 4.75. The average molecular weight is 309 g/mol. The Morgan fingerprint density at radius 1 is 1.12 bits per heavy atom. The van der Waals surface area contributed by atoms with E-state index in [2.05, 4.69) is 15.9 Å². The van der Waals surface area contributed by atoms with Crippen LogP contribution in [0.3, 0.4) is 0 Å². The van der Waals surface area contributed by atoms with Crippen LogP contribution in [0.5, 0.6) is 0 Å². The molecule has 0 bridgehead atoms. The predicted octanol–water partition coefficient (Wildman–Crippen LogP) is 4.67. The molecule has 1 heterocycles. The molecule has 0 fully saturated rings. The summed E-state index contributed by atoms with van der Waals surface area (Å²) >= 11 is 5.11. The first kappa shape index (κ1) is 12.5. The Hall–Kier alpha value is -0.930. The van der Waals surface area contributed by atoms with Crippen molar-refractivity contribution in [3.63, 3.8) is 0 Å². The molecule has 17 heavy (non-hydrogen) atoms. The van der Waals surface area contributed by atoms with Gasteiger partial charge in [-0.1, -0.05) is 27.6 Å². The normalized spacial score (nSPS) is 10.6. The van der Waals surface area contributed by atoms with E-state index in [1.165, 1.54) is 4.88 Å². The third kappa shape index (κ3) is 2.50. The molecule has 1 aromatic heterocycles. The number of hydrogen-bond donors (Lipinski definition) is 0. The molecule has 0 radical (unpaired) electrons. The van der Waals surface area contributed by atoms with Crippen LogP contribution in [-0.4, -0.2) is 5.78 Å². The summed E-state index contributed by atoms with van der Waals surface area (Å²) in [6.07, 6.45) is 0. The number of ketones is 1. The van der Waals surface area contributed by atoms with Crippen LogP contribution in [0.2, 0.25) is 0 Å². The maximum Gasteiger partial charge on any atom is 0.195 e. The number of aryl methyl sites for hydroxylation is 3. The van der Waals surface area contributed by atoms with Gasteiger partial charge in [0, 0.05) is 25.4 Å². The third-order valence-corrected chi connectivity index (χ3v) is 4.31. The highest BCUT2D eigenvalue weighted by Crippen LogP contribution is 2.27. The van der Waals surface area contributed by atoms with Gasteiger partial charge in [-0.2, -0.15) is 0 Å². The highest BCUT2D eigenvalue weighted by Gasteiger charge is 2.16. The predicted molar refractivity (Wildman–Crippen MR) is 76.1 cm³/mol. The smallest absolute Gasteiger partial charge is 0.195 e. The fourth-order valence-electron chi connectivity index (χ4n) is 1.81. The number of halogens is 1. The van der Waals surface area contributed by atoms with Crippen LogP contribution in [0.25, 0.3) is 0 Å². The van der Waals surface area contributed by atoms with Gasteiger partial charge < -0.3 is 0 Å². The maximum absolute atomic E-state index is 12.4. The van der Waals surface area contributed by atoms with E-state index in [-0.39, 0.29) is 5.78 Å². The van der Waals surface area contributed by atoms with Gasteiger partial charge in [0.15, 0.2) is 5.78 Å². The largest absolute Gasteiger partial charge is 0.289 e. The molecule has 1 aromatic carbocycles. The van der Waals surface area contributed by atoms with Gasteiger partial charge in [0.2, 0.25) is 0 Å². The van der Waals surface area contributed by atoms with Gasteiger partial charge in [-0.15, -0.1) is 11.3 Å². The van der Waals surface area contributed by atoms with E-state index in [1.54, 1.807) is 11.3 Å². The summed E-state index contributed by atoms with van der Waals surface area (Å²) in [6.45, 7) is 6.02. The van der Waals surface area contributed by atoms with E-state index in [4.69, 9.17) is 0 Å². The van der Waals surface area contributed by atoms with Gasteiger partial charge in [-0.25, -0.2) is 0 Å². The molecule has 0 unspecified atom stereocenters. The molecule has 0 amide bonds. The second-order valence-corrected chi connectivity index (χ2v) is 6.45. The fourth-order valence-corrected chi connectivity index (χ4v) is 3.16. The Balaban J connectivity index is 2.50. The minimum atomic E-state index is 0.0995. The Labute approximate surface area is 114 Å². The van der Waals surface area contributed by atoms with Gasteiger partial charge in [-0.05, 0) is 39.0 Å². The standard InChI is InChI=1S/C14H13BrOS/c1-8-4-5-13(15)12(6-8)14(16)11-7-9(2)17-10(11)3/h4-7H,1-3H3. The molecule has 0 saturated carbocycles. The lowest BCUT2D eigenvalue weighted by Crippen LogP contribution is -2.02. The van der Waals surface area contributed by atoms with Gasteiger partial charge in [0.05, 0.1) is 0 Å². The SMILES string of the molecule is Cc1ccc(Br)c(C(=O)c2cc(C)sc2C)c1. The summed E-state index contributed by atoms with van der Waals surface area (Å²) in [7, 11) is 0. The van der Waals surface area contributed by atoms with Crippen LogP contribution in [0.1, 0.15) is 31.2 Å². The molecule has 0 atom stereocenters. The van der Waals surface area contributed by atoms with E-state index >= 15 is 0 Å². The minimum Gasteiger partial charge on any atom is -0.289 e. The van der Waals surface area contributed by atoms with Crippen molar-refractivity contribution in [1.82, 2.24) is 0 Å². The Morgan fingerprint density at radius 2 is 1.82 bits per heavy atom.